The number of hydrogen-bond acceptors (Lipinski definition) is 4. The number of benzene rings is 1. The molecule has 2 rings (SSSR count). The Morgan fingerprint density at radius 1 is 1.33 bits per heavy atom. The minimum absolute atomic E-state index is 0.0737. The Morgan fingerprint density at radius 3 is 2.72 bits per heavy atom. The molecule has 5 nitrogen and oxygen atoms in total. The van der Waals surface area contributed by atoms with Crippen LogP contribution in [0.1, 0.15) is 5.56 Å². The molecular weight excluding hydrogens is 300 g/mol. The van der Waals surface area contributed by atoms with Crippen LogP contribution in [0.5, 0.6) is 11.6 Å². The van der Waals surface area contributed by atoms with Crippen molar-refractivity contribution in [3.05, 3.63) is 56.7 Å². The third-order valence-electron chi connectivity index (χ3n) is 2.28. The highest BCUT2D eigenvalue weighted by molar-refractivity contribution is 9.10. The van der Waals surface area contributed by atoms with E-state index < -0.39 is 4.92 Å². The molecule has 2 aromatic rings. The van der Waals surface area contributed by atoms with Crippen LogP contribution < -0.4 is 4.74 Å². The Balaban J connectivity index is 2.25. The number of ether oxygens (including phenoxy) is 1. The van der Waals surface area contributed by atoms with Crippen molar-refractivity contribution in [2.45, 2.75) is 6.92 Å². The predicted molar refractivity (Wildman–Crippen MR) is 69.8 cm³/mol. The topological polar surface area (TPSA) is 65.3 Å². The van der Waals surface area contributed by atoms with E-state index in [4.69, 9.17) is 4.74 Å². The van der Waals surface area contributed by atoms with Crippen molar-refractivity contribution in [3.63, 3.8) is 0 Å². The normalized spacial score (nSPS) is 10.1. The number of aromatic nitrogens is 1. The molecule has 0 fully saturated rings. The lowest BCUT2D eigenvalue weighted by Crippen LogP contribution is -1.93. The van der Waals surface area contributed by atoms with E-state index >= 15 is 0 Å². The fraction of sp³-hybridized carbons (Fsp3) is 0.0833. The summed E-state index contributed by atoms with van der Waals surface area (Å²) < 4.78 is 6.18. The summed E-state index contributed by atoms with van der Waals surface area (Å²) in [6.07, 6.45) is 0. The van der Waals surface area contributed by atoms with Gasteiger partial charge in [-0.1, -0.05) is 6.07 Å². The summed E-state index contributed by atoms with van der Waals surface area (Å²) in [6.45, 7) is 1.67. The first-order chi connectivity index (χ1) is 8.56. The van der Waals surface area contributed by atoms with Crippen molar-refractivity contribution in [1.82, 2.24) is 4.98 Å². The van der Waals surface area contributed by atoms with Crippen LogP contribution in [0.4, 0.5) is 5.69 Å². The van der Waals surface area contributed by atoms with E-state index in [0.717, 1.165) is 0 Å². The van der Waals surface area contributed by atoms with Crippen LogP contribution >= 0.6 is 15.9 Å². The van der Waals surface area contributed by atoms with Gasteiger partial charge in [0.2, 0.25) is 5.88 Å². The average Bonchev–Trinajstić information content (AvgIpc) is 2.28. The Labute approximate surface area is 112 Å². The van der Waals surface area contributed by atoms with Gasteiger partial charge >= 0.3 is 0 Å². The molecule has 0 bridgehead atoms. The van der Waals surface area contributed by atoms with Crippen LogP contribution in [0.3, 0.4) is 0 Å². The molecule has 1 heterocycles. The third kappa shape index (κ3) is 2.84. The minimum atomic E-state index is -0.420. The maximum atomic E-state index is 10.7. The van der Waals surface area contributed by atoms with E-state index in [1.807, 2.05) is 0 Å². The van der Waals surface area contributed by atoms with Gasteiger partial charge in [0.15, 0.2) is 0 Å². The molecule has 1 aromatic carbocycles. The monoisotopic (exact) mass is 308 g/mol. The molecule has 0 radical (unpaired) electrons. The van der Waals surface area contributed by atoms with E-state index in [0.29, 0.717) is 21.8 Å². The molecule has 0 unspecified atom stereocenters. The molecule has 1 aromatic heterocycles. The van der Waals surface area contributed by atoms with Crippen LogP contribution in [-0.4, -0.2) is 9.91 Å². The van der Waals surface area contributed by atoms with Gasteiger partial charge in [0.25, 0.3) is 5.69 Å². The summed E-state index contributed by atoms with van der Waals surface area (Å²) >= 11 is 3.24. The van der Waals surface area contributed by atoms with E-state index in [1.165, 1.54) is 6.07 Å². The molecule has 0 atom stereocenters. The zero-order valence-corrected chi connectivity index (χ0v) is 11.0. The number of rotatable bonds is 3. The molecule has 0 saturated carbocycles. The molecular formula is C12H9BrN2O3. The van der Waals surface area contributed by atoms with Gasteiger partial charge in [-0.25, -0.2) is 4.98 Å². The number of nitro benzene ring substituents is 1. The fourth-order valence-corrected chi connectivity index (χ4v) is 1.79. The maximum Gasteiger partial charge on any atom is 0.272 e. The molecule has 92 valence electrons. The molecule has 18 heavy (non-hydrogen) atoms. The minimum Gasteiger partial charge on any atom is -0.439 e. The summed E-state index contributed by atoms with van der Waals surface area (Å²) in [4.78, 5) is 14.4. The lowest BCUT2D eigenvalue weighted by molar-refractivity contribution is -0.385. The first-order valence-electron chi connectivity index (χ1n) is 5.12. The number of pyridine rings is 1. The number of nitrogens with zero attached hydrogens (tertiary/aromatic N) is 2. The Kier molecular flexibility index (Phi) is 3.57. The van der Waals surface area contributed by atoms with Gasteiger partial charge in [-0.3, -0.25) is 10.1 Å². The second-order valence-electron chi connectivity index (χ2n) is 3.61. The molecule has 0 saturated heterocycles. The quantitative estimate of drug-likeness (QED) is 0.490. The number of halogens is 1. The summed E-state index contributed by atoms with van der Waals surface area (Å²) in [5.41, 5.74) is 0.622. The Morgan fingerprint density at radius 2 is 2.11 bits per heavy atom. The van der Waals surface area contributed by atoms with Crippen molar-refractivity contribution in [2.24, 2.45) is 0 Å². The summed E-state index contributed by atoms with van der Waals surface area (Å²) in [6, 6.07) is 9.87. The highest BCUT2D eigenvalue weighted by Crippen LogP contribution is 2.26. The first kappa shape index (κ1) is 12.5. The second-order valence-corrected chi connectivity index (χ2v) is 4.42. The SMILES string of the molecule is Cc1cc(Oc2cccc(Br)n2)ccc1[N+](=O)[O-]. The zero-order chi connectivity index (χ0) is 13.1. The van der Waals surface area contributed by atoms with Crippen molar-refractivity contribution in [3.8, 4) is 11.6 Å². The van der Waals surface area contributed by atoms with Crippen molar-refractivity contribution in [1.29, 1.82) is 0 Å². The van der Waals surface area contributed by atoms with Crippen LogP contribution in [0, 0.1) is 17.0 Å². The van der Waals surface area contributed by atoms with Gasteiger partial charge < -0.3 is 4.74 Å². The summed E-state index contributed by atoms with van der Waals surface area (Å²) in [7, 11) is 0. The van der Waals surface area contributed by atoms with Crippen LogP contribution in [-0.2, 0) is 0 Å². The number of nitro groups is 1. The standard InChI is InChI=1S/C12H9BrN2O3/c1-8-7-9(5-6-10(8)15(16)17)18-12-4-2-3-11(13)14-12/h2-7H,1H3. The predicted octanol–water partition coefficient (Wildman–Crippen LogP) is 3.85. The lowest BCUT2D eigenvalue weighted by atomic mass is 10.2. The molecule has 6 heteroatoms. The summed E-state index contributed by atoms with van der Waals surface area (Å²) in [5.74, 6) is 0.946. The molecule has 0 spiro atoms. The third-order valence-corrected chi connectivity index (χ3v) is 2.72. The Hall–Kier alpha value is -1.95. The van der Waals surface area contributed by atoms with Crippen LogP contribution in [0.25, 0.3) is 0 Å². The largest absolute Gasteiger partial charge is 0.439 e. The van der Waals surface area contributed by atoms with Gasteiger partial charge in [0.1, 0.15) is 10.4 Å². The molecule has 0 amide bonds. The van der Waals surface area contributed by atoms with E-state index in [2.05, 4.69) is 20.9 Å². The van der Waals surface area contributed by atoms with Gasteiger partial charge in [-0.15, -0.1) is 0 Å². The first-order valence-corrected chi connectivity index (χ1v) is 5.91. The van der Waals surface area contributed by atoms with Crippen molar-refractivity contribution >= 4 is 21.6 Å². The Bertz CT molecular complexity index is 602. The highest BCUT2D eigenvalue weighted by atomic mass is 79.9. The fourth-order valence-electron chi connectivity index (χ4n) is 1.46. The highest BCUT2D eigenvalue weighted by Gasteiger charge is 2.11. The lowest BCUT2D eigenvalue weighted by Gasteiger charge is -2.05. The molecule has 0 aliphatic rings. The van der Waals surface area contributed by atoms with Crippen LogP contribution in [0.15, 0.2) is 41.0 Å². The number of hydrogen-bond donors (Lipinski definition) is 0. The van der Waals surface area contributed by atoms with E-state index in [-0.39, 0.29) is 5.69 Å². The maximum absolute atomic E-state index is 10.7. The average molecular weight is 309 g/mol. The van der Waals surface area contributed by atoms with Gasteiger partial charge in [0, 0.05) is 17.7 Å². The molecule has 0 aliphatic carbocycles. The summed E-state index contributed by atoms with van der Waals surface area (Å²) in [5, 5.41) is 10.7. The number of aryl methyl sites for hydroxylation is 1. The van der Waals surface area contributed by atoms with Gasteiger partial charge in [-0.05, 0) is 41.1 Å². The molecule has 0 N–H and O–H groups in total. The second kappa shape index (κ2) is 5.14. The van der Waals surface area contributed by atoms with Crippen LogP contribution in [0.2, 0.25) is 0 Å². The van der Waals surface area contributed by atoms with Gasteiger partial charge in [-0.2, -0.15) is 0 Å². The van der Waals surface area contributed by atoms with Crippen molar-refractivity contribution in [2.75, 3.05) is 0 Å². The van der Waals surface area contributed by atoms with E-state index in [1.54, 1.807) is 37.3 Å². The van der Waals surface area contributed by atoms with E-state index in [9.17, 15) is 10.1 Å². The zero-order valence-electron chi connectivity index (χ0n) is 9.46. The van der Waals surface area contributed by atoms with Gasteiger partial charge in [0.05, 0.1) is 4.92 Å². The smallest absolute Gasteiger partial charge is 0.272 e. The molecule has 0 aliphatic heterocycles. The van der Waals surface area contributed by atoms with Crippen molar-refractivity contribution < 1.29 is 9.66 Å².